The number of β-amino-alcohol motifs (C(OH)–C–C–N with tert-alkyl or cyclic N) is 1. The maximum Gasteiger partial charge on any atom is 0.290 e. The predicted octanol–water partition coefficient (Wildman–Crippen LogP) is 2.93. The van der Waals surface area contributed by atoms with Gasteiger partial charge in [-0.2, -0.15) is 8.78 Å². The lowest BCUT2D eigenvalue weighted by Gasteiger charge is -2.43. The van der Waals surface area contributed by atoms with Crippen LogP contribution in [0, 0.1) is 10.6 Å². The van der Waals surface area contributed by atoms with Gasteiger partial charge in [0.25, 0.3) is 5.92 Å². The zero-order chi connectivity index (χ0) is 22.0. The van der Waals surface area contributed by atoms with Crippen LogP contribution in [0.4, 0.5) is 19.1 Å². The fraction of sp³-hybridized carbons (Fsp3) is 0.474. The molecule has 0 amide bonds. The van der Waals surface area contributed by atoms with Gasteiger partial charge in [0.15, 0.2) is 11.6 Å². The largest absolute Gasteiger partial charge is 0.492 e. The summed E-state index contributed by atoms with van der Waals surface area (Å²) in [7, 11) is -2.17. The number of halogens is 3. The molecule has 0 radical (unpaired) electrons. The van der Waals surface area contributed by atoms with Gasteiger partial charge in [-0.05, 0) is 25.5 Å². The van der Waals surface area contributed by atoms with E-state index in [0.29, 0.717) is 0 Å². The highest BCUT2D eigenvalue weighted by atomic mass is 32.2. The number of anilines is 1. The molecule has 4 rings (SSSR count). The Kier molecular flexibility index (Phi) is 4.73. The molecule has 1 aliphatic carbocycles. The molecule has 30 heavy (non-hydrogen) atoms. The molecule has 0 spiro atoms. The normalized spacial score (nSPS) is 24.2. The van der Waals surface area contributed by atoms with Crippen molar-refractivity contribution in [2.24, 2.45) is 0 Å². The van der Waals surface area contributed by atoms with E-state index in [1.165, 1.54) is 13.2 Å². The Bertz CT molecular complexity index is 1140. The molecule has 2 heterocycles. The average Bonchev–Trinajstić information content (AvgIpc) is 2.98. The van der Waals surface area contributed by atoms with Gasteiger partial charge in [-0.25, -0.2) is 23.3 Å². The minimum absolute atomic E-state index is 0.00147. The molecule has 1 aromatic carbocycles. The molecule has 1 fully saturated rings. The summed E-state index contributed by atoms with van der Waals surface area (Å²) in [6.45, 7) is 1.92. The van der Waals surface area contributed by atoms with Crippen LogP contribution in [0.3, 0.4) is 0 Å². The van der Waals surface area contributed by atoms with E-state index in [2.05, 4.69) is 9.97 Å². The number of hydrogen-bond donors (Lipinski definition) is 2. The zero-order valence-corrected chi connectivity index (χ0v) is 17.4. The number of alkyl halides is 2. The van der Waals surface area contributed by atoms with Gasteiger partial charge < -0.3 is 14.7 Å². The second kappa shape index (κ2) is 6.81. The molecular weight excluding hydrogens is 421 g/mol. The standard InChI is InChI=1S/C19H21F3N4O3S/c1-9-13(27)8-26(9)18-24-15(11-4-5-19(21,22)17(11)25-18)10-6-12(20)16(29-2)14(7-10)30(3,23)28/h6-7,9,13,23,27H,4-5,8H2,1-3H3/t9-,13+,30?/m0/s1. The first kappa shape index (κ1) is 20.9. The van der Waals surface area contributed by atoms with E-state index in [-0.39, 0.29) is 52.4 Å². The lowest BCUT2D eigenvalue weighted by atomic mass is 10.0. The third-order valence-electron chi connectivity index (χ3n) is 5.63. The van der Waals surface area contributed by atoms with Gasteiger partial charge in [-0.1, -0.05) is 0 Å². The molecule has 2 N–H and O–H groups in total. The molecule has 11 heteroatoms. The van der Waals surface area contributed by atoms with Gasteiger partial charge in [-0.3, -0.25) is 0 Å². The van der Waals surface area contributed by atoms with Crippen molar-refractivity contribution in [3.05, 3.63) is 29.2 Å². The predicted molar refractivity (Wildman–Crippen MR) is 104 cm³/mol. The van der Waals surface area contributed by atoms with Crippen LogP contribution in [-0.2, 0) is 22.1 Å². The van der Waals surface area contributed by atoms with Crippen molar-refractivity contribution in [3.8, 4) is 17.0 Å². The number of aliphatic hydroxyl groups is 1. The first-order chi connectivity index (χ1) is 13.9. The highest BCUT2D eigenvalue weighted by Gasteiger charge is 2.45. The molecule has 1 saturated heterocycles. The second-order valence-electron chi connectivity index (χ2n) is 7.70. The summed E-state index contributed by atoms with van der Waals surface area (Å²) >= 11 is 0. The van der Waals surface area contributed by atoms with Crippen molar-refractivity contribution in [2.75, 3.05) is 24.8 Å². The van der Waals surface area contributed by atoms with Crippen LogP contribution in [0.1, 0.15) is 24.6 Å². The maximum absolute atomic E-state index is 14.7. The molecule has 1 aromatic heterocycles. The molecule has 2 aromatic rings. The first-order valence-electron chi connectivity index (χ1n) is 9.29. The highest BCUT2D eigenvalue weighted by molar-refractivity contribution is 7.91. The minimum atomic E-state index is -3.37. The van der Waals surface area contributed by atoms with Gasteiger partial charge in [0.05, 0.1) is 39.6 Å². The fourth-order valence-corrected chi connectivity index (χ4v) is 4.71. The summed E-state index contributed by atoms with van der Waals surface area (Å²) in [4.78, 5) is 9.90. The van der Waals surface area contributed by atoms with Crippen LogP contribution in [0.2, 0.25) is 0 Å². The summed E-state index contributed by atoms with van der Waals surface area (Å²) in [5.74, 6) is -4.32. The van der Waals surface area contributed by atoms with Crippen LogP contribution >= 0.6 is 0 Å². The lowest BCUT2D eigenvalue weighted by Crippen LogP contribution is -2.59. The molecule has 1 unspecified atom stereocenters. The van der Waals surface area contributed by atoms with Crippen molar-refractivity contribution in [1.82, 2.24) is 9.97 Å². The number of nitrogens with zero attached hydrogens (tertiary/aromatic N) is 3. The Labute approximate surface area is 171 Å². The smallest absolute Gasteiger partial charge is 0.290 e. The van der Waals surface area contributed by atoms with Crippen LogP contribution in [0.25, 0.3) is 11.3 Å². The van der Waals surface area contributed by atoms with Crippen molar-refractivity contribution >= 4 is 15.7 Å². The number of fused-ring (bicyclic) bond motifs is 1. The van der Waals surface area contributed by atoms with Crippen LogP contribution in [0.15, 0.2) is 17.0 Å². The summed E-state index contributed by atoms with van der Waals surface area (Å²) in [6.07, 6.45) is 0.0620. The van der Waals surface area contributed by atoms with Crippen molar-refractivity contribution in [1.29, 1.82) is 4.78 Å². The minimum Gasteiger partial charge on any atom is -0.492 e. The Morgan fingerprint density at radius 1 is 1.37 bits per heavy atom. The number of benzene rings is 1. The van der Waals surface area contributed by atoms with Crippen molar-refractivity contribution in [3.63, 3.8) is 0 Å². The van der Waals surface area contributed by atoms with E-state index in [4.69, 9.17) is 9.52 Å². The number of rotatable bonds is 4. The van der Waals surface area contributed by atoms with E-state index >= 15 is 0 Å². The van der Waals surface area contributed by atoms with Gasteiger partial charge in [0.2, 0.25) is 5.95 Å². The molecule has 0 bridgehead atoms. The summed E-state index contributed by atoms with van der Waals surface area (Å²) in [5.41, 5.74) is 0.00112. The molecular formula is C19H21F3N4O3S. The highest BCUT2D eigenvalue weighted by Crippen LogP contribution is 2.45. The number of methoxy groups -OCH3 is 1. The van der Waals surface area contributed by atoms with Crippen molar-refractivity contribution in [2.45, 2.75) is 42.7 Å². The van der Waals surface area contributed by atoms with Gasteiger partial charge in [-0.15, -0.1) is 0 Å². The molecule has 162 valence electrons. The van der Waals surface area contributed by atoms with E-state index in [1.807, 2.05) is 0 Å². The number of aliphatic hydroxyl groups excluding tert-OH is 1. The maximum atomic E-state index is 14.7. The molecule has 1 aliphatic heterocycles. The van der Waals surface area contributed by atoms with E-state index < -0.39 is 39.7 Å². The molecule has 3 atom stereocenters. The Morgan fingerprint density at radius 3 is 2.63 bits per heavy atom. The Hall–Kier alpha value is -2.40. The molecule has 0 saturated carbocycles. The topological polar surface area (TPSA) is 99.4 Å². The number of nitrogens with one attached hydrogen (secondary N) is 1. The Morgan fingerprint density at radius 2 is 2.07 bits per heavy atom. The molecule has 2 aliphatic rings. The lowest BCUT2D eigenvalue weighted by molar-refractivity contribution is -0.00603. The van der Waals surface area contributed by atoms with Gasteiger partial charge in [0.1, 0.15) is 5.69 Å². The van der Waals surface area contributed by atoms with Gasteiger partial charge >= 0.3 is 0 Å². The third-order valence-corrected chi connectivity index (χ3v) is 6.77. The third kappa shape index (κ3) is 3.20. The van der Waals surface area contributed by atoms with Crippen molar-refractivity contribution < 1.29 is 27.2 Å². The molecule has 7 nitrogen and oxygen atoms in total. The number of ether oxygens (including phenoxy) is 1. The summed E-state index contributed by atoms with van der Waals surface area (Å²) in [5, 5.41) is 9.79. The van der Waals surface area contributed by atoms with Crippen LogP contribution in [0.5, 0.6) is 5.75 Å². The van der Waals surface area contributed by atoms with E-state index in [1.54, 1.807) is 11.8 Å². The number of hydrogen-bond acceptors (Lipinski definition) is 7. The van der Waals surface area contributed by atoms with Crippen LogP contribution in [-0.4, -0.2) is 51.3 Å². The summed E-state index contributed by atoms with van der Waals surface area (Å²) in [6, 6.07) is 2.02. The average molecular weight is 442 g/mol. The monoisotopic (exact) mass is 442 g/mol. The van der Waals surface area contributed by atoms with E-state index in [0.717, 1.165) is 12.3 Å². The second-order valence-corrected chi connectivity index (χ2v) is 9.82. The first-order valence-corrected chi connectivity index (χ1v) is 11.3. The zero-order valence-electron chi connectivity index (χ0n) is 16.6. The number of aromatic nitrogens is 2. The summed E-state index contributed by atoms with van der Waals surface area (Å²) < 4.78 is 69.0. The fourth-order valence-electron chi connectivity index (χ4n) is 3.83. The Balaban J connectivity index is 1.96. The van der Waals surface area contributed by atoms with Gasteiger partial charge in [0, 0.05) is 30.3 Å². The SMILES string of the molecule is COc1c(F)cc(-c2nc(N3C[C@@H](O)[C@@H]3C)nc3c2CCC3(F)F)cc1S(C)(=N)=O. The quantitative estimate of drug-likeness (QED) is 0.756. The van der Waals surface area contributed by atoms with Crippen LogP contribution < -0.4 is 9.64 Å². The van der Waals surface area contributed by atoms with E-state index in [9.17, 15) is 22.5 Å².